The third kappa shape index (κ3) is 3.21. The molecule has 2 rings (SSSR count). The lowest BCUT2D eigenvalue weighted by atomic mass is 9.79. The molecular formula is C13H19BINOS. The van der Waals surface area contributed by atoms with Crippen LogP contribution in [0.5, 0.6) is 0 Å². The normalized spacial score (nSPS) is 25.3. The van der Waals surface area contributed by atoms with Crippen molar-refractivity contribution < 1.29 is 4.42 Å². The maximum Gasteiger partial charge on any atom is 0.269 e. The fraction of sp³-hybridized carbons (Fsp3) is 0.769. The minimum Gasteiger partial charge on any atom is -0.434 e. The number of alkyl halides is 1. The molecule has 98 valence electrons. The Morgan fingerprint density at radius 1 is 1.39 bits per heavy atom. The summed E-state index contributed by atoms with van der Waals surface area (Å²) >= 11 is 7.71. The Bertz CT molecular complexity index is 478. The Labute approximate surface area is 129 Å². The van der Waals surface area contributed by atoms with Gasteiger partial charge in [0.25, 0.3) is 4.84 Å². The molecule has 1 aliphatic carbocycles. The van der Waals surface area contributed by atoms with Crippen LogP contribution in [0.3, 0.4) is 0 Å². The number of hydrogen-bond acceptors (Lipinski definition) is 2. The quantitative estimate of drug-likeness (QED) is 0.315. The predicted octanol–water partition coefficient (Wildman–Crippen LogP) is 4.35. The molecule has 2 nitrogen and oxygen atoms in total. The van der Waals surface area contributed by atoms with Gasteiger partial charge in [0.1, 0.15) is 5.76 Å². The van der Waals surface area contributed by atoms with E-state index >= 15 is 0 Å². The van der Waals surface area contributed by atoms with Crippen molar-refractivity contribution in [3.05, 3.63) is 16.3 Å². The lowest BCUT2D eigenvalue weighted by Gasteiger charge is -2.21. The van der Waals surface area contributed by atoms with Gasteiger partial charge in [-0.15, -0.1) is 0 Å². The van der Waals surface area contributed by atoms with Crippen molar-refractivity contribution in [2.75, 3.05) is 0 Å². The van der Waals surface area contributed by atoms with E-state index < -0.39 is 0 Å². The molecule has 1 aromatic heterocycles. The second-order valence-electron chi connectivity index (χ2n) is 5.47. The molecule has 0 saturated heterocycles. The number of hydrogen-bond donors (Lipinski definition) is 0. The summed E-state index contributed by atoms with van der Waals surface area (Å²) in [7, 11) is 6.35. The van der Waals surface area contributed by atoms with Gasteiger partial charge in [-0.05, 0) is 48.6 Å². The minimum atomic E-state index is -0.203. The summed E-state index contributed by atoms with van der Waals surface area (Å²) in [6.45, 7) is 4.30. The molecular weight excluding hydrogens is 356 g/mol. The lowest BCUT2D eigenvalue weighted by Crippen LogP contribution is -2.24. The summed E-state index contributed by atoms with van der Waals surface area (Å²) in [6.07, 6.45) is 6.51. The fourth-order valence-corrected chi connectivity index (χ4v) is 3.77. The topological polar surface area (TPSA) is 18.1 Å². The number of aromatic nitrogens is 1. The number of rotatable bonds is 1. The molecule has 0 bridgehead atoms. The third-order valence-electron chi connectivity index (χ3n) is 3.50. The van der Waals surface area contributed by atoms with Gasteiger partial charge >= 0.3 is 0 Å². The molecule has 0 N–H and O–H groups in total. The van der Waals surface area contributed by atoms with Crippen molar-refractivity contribution in [2.24, 2.45) is 0 Å². The SMILES string of the molecule is [B]C1(I)CCCCCc2c(oc(=S)n2C(C)C)C1. The monoisotopic (exact) mass is 375 g/mol. The zero-order chi connectivity index (χ0) is 13.3. The van der Waals surface area contributed by atoms with E-state index in [2.05, 4.69) is 41.0 Å². The molecule has 1 aliphatic rings. The van der Waals surface area contributed by atoms with E-state index in [9.17, 15) is 0 Å². The lowest BCUT2D eigenvalue weighted by molar-refractivity contribution is 0.448. The highest BCUT2D eigenvalue weighted by atomic mass is 127. The second-order valence-corrected chi connectivity index (χ2v) is 7.97. The highest BCUT2D eigenvalue weighted by molar-refractivity contribution is 14.1. The van der Waals surface area contributed by atoms with Gasteiger partial charge in [0, 0.05) is 12.5 Å². The molecule has 1 atom stereocenters. The van der Waals surface area contributed by atoms with Crippen LogP contribution in [0.15, 0.2) is 4.42 Å². The highest BCUT2D eigenvalue weighted by Gasteiger charge is 2.27. The highest BCUT2D eigenvalue weighted by Crippen LogP contribution is 2.32. The first-order valence-electron chi connectivity index (χ1n) is 6.61. The number of fused-ring (bicyclic) bond motifs is 1. The largest absolute Gasteiger partial charge is 0.434 e. The summed E-state index contributed by atoms with van der Waals surface area (Å²) in [6, 6.07) is 0.354. The molecule has 1 unspecified atom stereocenters. The van der Waals surface area contributed by atoms with Crippen molar-refractivity contribution in [2.45, 2.75) is 61.7 Å². The standard InChI is InChI=1S/C13H19BINOS/c1-9(2)16-10-6-4-3-5-7-13(14,15)8-11(10)17-12(16)18/h9H,3-8H2,1-2H3. The molecule has 0 saturated carbocycles. The van der Waals surface area contributed by atoms with Gasteiger partial charge in [0.15, 0.2) is 0 Å². The van der Waals surface area contributed by atoms with Gasteiger partial charge in [0.05, 0.1) is 13.5 Å². The van der Waals surface area contributed by atoms with E-state index in [1.165, 1.54) is 25.0 Å². The van der Waals surface area contributed by atoms with E-state index in [0.29, 0.717) is 10.9 Å². The second kappa shape index (κ2) is 5.69. The summed E-state index contributed by atoms with van der Waals surface area (Å²) in [5, 5.41) is 0. The van der Waals surface area contributed by atoms with Crippen LogP contribution in [0.2, 0.25) is 0 Å². The van der Waals surface area contributed by atoms with Crippen LogP contribution in [0, 0.1) is 4.84 Å². The smallest absolute Gasteiger partial charge is 0.269 e. The number of halogens is 1. The third-order valence-corrected chi connectivity index (χ3v) is 4.70. The van der Waals surface area contributed by atoms with Crippen molar-refractivity contribution in [3.63, 3.8) is 0 Å². The van der Waals surface area contributed by atoms with Crippen LogP contribution in [-0.2, 0) is 12.8 Å². The van der Waals surface area contributed by atoms with Crippen LogP contribution in [0.4, 0.5) is 0 Å². The average molecular weight is 375 g/mol. The van der Waals surface area contributed by atoms with Crippen LogP contribution in [-0.4, -0.2) is 15.7 Å². The molecule has 0 aliphatic heterocycles. The van der Waals surface area contributed by atoms with E-state index in [0.717, 1.165) is 25.0 Å². The molecule has 1 aromatic rings. The molecule has 18 heavy (non-hydrogen) atoms. The number of oxazole rings is 1. The van der Waals surface area contributed by atoms with Gasteiger partial charge in [0.2, 0.25) is 0 Å². The molecule has 0 aromatic carbocycles. The van der Waals surface area contributed by atoms with Crippen molar-refractivity contribution in [1.82, 2.24) is 4.57 Å². The van der Waals surface area contributed by atoms with Crippen LogP contribution in [0.1, 0.15) is 57.0 Å². The summed E-state index contributed by atoms with van der Waals surface area (Å²) in [4.78, 5) is 0.600. The van der Waals surface area contributed by atoms with Gasteiger partial charge in [-0.25, -0.2) is 0 Å². The molecule has 0 fully saturated rings. The molecule has 0 amide bonds. The van der Waals surface area contributed by atoms with E-state index in [4.69, 9.17) is 24.5 Å². The Hall–Kier alpha value is 0.225. The van der Waals surface area contributed by atoms with Gasteiger partial charge in [-0.1, -0.05) is 35.4 Å². The minimum absolute atomic E-state index is 0.203. The Balaban J connectivity index is 2.45. The van der Waals surface area contributed by atoms with E-state index in [-0.39, 0.29) is 3.32 Å². The van der Waals surface area contributed by atoms with Gasteiger partial charge in [-0.3, -0.25) is 0 Å². The molecule has 2 radical (unpaired) electrons. The van der Waals surface area contributed by atoms with E-state index in [1.807, 2.05) is 0 Å². The van der Waals surface area contributed by atoms with Crippen LogP contribution >= 0.6 is 34.8 Å². The maximum absolute atomic E-state index is 6.35. The molecule has 0 spiro atoms. The van der Waals surface area contributed by atoms with Crippen molar-refractivity contribution in [3.8, 4) is 0 Å². The van der Waals surface area contributed by atoms with Crippen LogP contribution < -0.4 is 0 Å². The molecule has 5 heteroatoms. The average Bonchev–Trinajstić information content (AvgIpc) is 2.54. The van der Waals surface area contributed by atoms with Crippen molar-refractivity contribution >= 4 is 42.7 Å². The Morgan fingerprint density at radius 2 is 2.11 bits per heavy atom. The summed E-state index contributed by atoms with van der Waals surface area (Å²) in [5.41, 5.74) is 1.27. The number of nitrogens with zero attached hydrogens (tertiary/aromatic N) is 1. The predicted molar refractivity (Wildman–Crippen MR) is 86.3 cm³/mol. The van der Waals surface area contributed by atoms with Crippen LogP contribution in [0.25, 0.3) is 0 Å². The Kier molecular flexibility index (Phi) is 4.63. The van der Waals surface area contributed by atoms with Gasteiger partial charge < -0.3 is 8.98 Å². The van der Waals surface area contributed by atoms with E-state index in [1.54, 1.807) is 0 Å². The maximum atomic E-state index is 6.35. The molecule has 1 heterocycles. The van der Waals surface area contributed by atoms with Crippen molar-refractivity contribution in [1.29, 1.82) is 0 Å². The fourth-order valence-electron chi connectivity index (χ4n) is 2.62. The first-order chi connectivity index (χ1) is 8.41. The first-order valence-corrected chi connectivity index (χ1v) is 8.10. The van der Waals surface area contributed by atoms with Gasteiger partial charge in [-0.2, -0.15) is 0 Å². The Morgan fingerprint density at radius 3 is 2.78 bits per heavy atom. The zero-order valence-electron chi connectivity index (χ0n) is 11.0. The summed E-state index contributed by atoms with van der Waals surface area (Å²) in [5.74, 6) is 1.01. The zero-order valence-corrected chi connectivity index (χ0v) is 14.0. The summed E-state index contributed by atoms with van der Waals surface area (Å²) < 4.78 is 7.77. The first kappa shape index (κ1) is 14.6.